The average Bonchev–Trinajstić information content (AvgIpc) is 3.63. The van der Waals surface area contributed by atoms with E-state index in [4.69, 9.17) is 0 Å². The second-order valence-corrected chi connectivity index (χ2v) is 9.38. The molecule has 0 spiro atoms. The molecule has 0 aliphatic heterocycles. The van der Waals surface area contributed by atoms with Gasteiger partial charge in [0.05, 0.1) is 0 Å². The smallest absolute Gasteiger partial charge is 0.385 e. The molecule has 1 aromatic carbocycles. The molecule has 0 bridgehead atoms. The molecule has 1 N–H and O–H groups in total. The molecular formula is C33H45FeN3+2. The summed E-state index contributed by atoms with van der Waals surface area (Å²) in [7, 11) is 2.04. The van der Waals surface area contributed by atoms with Gasteiger partial charge >= 0.3 is 17.1 Å². The minimum absolute atomic E-state index is 0. The number of nitrogens with one attached hydrogen (secondary N) is 1. The van der Waals surface area contributed by atoms with E-state index in [0.29, 0.717) is 0 Å². The molecule has 0 radical (unpaired) electrons. The van der Waals surface area contributed by atoms with Crippen LogP contribution in [-0.2, 0) is 24.1 Å². The molecule has 2 aliphatic rings. The summed E-state index contributed by atoms with van der Waals surface area (Å²) in [4.78, 5) is 0. The minimum Gasteiger partial charge on any atom is -0.385 e. The number of hydrogen-bond acceptors (Lipinski definition) is 1. The first-order chi connectivity index (χ1) is 16.8. The van der Waals surface area contributed by atoms with E-state index < -0.39 is 0 Å². The number of rotatable bonds is 8. The van der Waals surface area contributed by atoms with Crippen molar-refractivity contribution in [2.45, 2.75) is 51.4 Å². The Morgan fingerprint density at radius 1 is 0.757 bits per heavy atom. The van der Waals surface area contributed by atoms with Gasteiger partial charge in [-0.3, -0.25) is 0 Å². The summed E-state index contributed by atoms with van der Waals surface area (Å²) < 4.78 is 4.21. The van der Waals surface area contributed by atoms with Crippen LogP contribution in [0, 0.1) is 20.8 Å². The van der Waals surface area contributed by atoms with Crippen LogP contribution in [-0.4, -0.2) is 6.54 Å². The zero-order valence-electron chi connectivity index (χ0n) is 22.9. The van der Waals surface area contributed by atoms with E-state index in [9.17, 15) is 0 Å². The maximum atomic E-state index is 3.55. The zero-order chi connectivity index (χ0) is 23.4. The molecule has 0 saturated carbocycles. The molecule has 2 aromatic heterocycles. The van der Waals surface area contributed by atoms with Gasteiger partial charge in [-0.15, -0.1) is 0 Å². The number of allylic oxidation sites excluding steroid dienone is 4. The van der Waals surface area contributed by atoms with Crippen LogP contribution < -0.4 is 14.5 Å². The van der Waals surface area contributed by atoms with Gasteiger partial charge in [0.15, 0.2) is 24.8 Å². The van der Waals surface area contributed by atoms with Gasteiger partial charge < -0.3 is 20.2 Å². The fourth-order valence-corrected chi connectivity index (χ4v) is 4.53. The van der Waals surface area contributed by atoms with Gasteiger partial charge in [-0.1, -0.05) is 30.7 Å². The molecule has 4 heteroatoms. The quantitative estimate of drug-likeness (QED) is 0.103. The monoisotopic (exact) mass is 539 g/mol. The second kappa shape index (κ2) is 17.7. The normalized spacial score (nSPS) is 15.0. The molecule has 1 atom stereocenters. The fourth-order valence-electron chi connectivity index (χ4n) is 4.53. The van der Waals surface area contributed by atoms with Crippen molar-refractivity contribution in [3.63, 3.8) is 0 Å². The summed E-state index contributed by atoms with van der Waals surface area (Å²) in [6.07, 6.45) is 28.2. The van der Waals surface area contributed by atoms with Crippen molar-refractivity contribution in [1.82, 2.24) is 0 Å². The van der Waals surface area contributed by atoms with Gasteiger partial charge in [-0.25, -0.2) is 4.57 Å². The van der Waals surface area contributed by atoms with Crippen LogP contribution in [0.4, 0.5) is 5.69 Å². The second-order valence-electron chi connectivity index (χ2n) is 9.38. The maximum absolute atomic E-state index is 3.55. The number of anilines is 1. The van der Waals surface area contributed by atoms with Crippen molar-refractivity contribution in [1.29, 1.82) is 0 Å². The Balaban J connectivity index is 0.000000769. The van der Waals surface area contributed by atoms with Crippen molar-refractivity contribution in [3.05, 3.63) is 112 Å². The summed E-state index contributed by atoms with van der Waals surface area (Å²) in [6, 6.07) is 17.3. The molecule has 198 valence electrons. The maximum Gasteiger partial charge on any atom is 2.00 e. The first-order valence-corrected chi connectivity index (χ1v) is 12.9. The third-order valence-electron chi connectivity index (χ3n) is 6.66. The van der Waals surface area contributed by atoms with Crippen LogP contribution in [0.3, 0.4) is 0 Å². The van der Waals surface area contributed by atoms with Crippen LogP contribution in [0.1, 0.15) is 51.4 Å². The summed E-state index contributed by atoms with van der Waals surface area (Å²) >= 11 is 0. The van der Waals surface area contributed by atoms with Crippen molar-refractivity contribution in [3.8, 4) is 16.8 Å². The zero-order valence-corrected chi connectivity index (χ0v) is 24.0. The first-order valence-electron chi connectivity index (χ1n) is 12.9. The predicted octanol–water partition coefficient (Wildman–Crippen LogP) is 7.63. The molecule has 2 heterocycles. The molecule has 5 rings (SSSR count). The van der Waals surface area contributed by atoms with Crippen LogP contribution in [0.15, 0.2) is 97.6 Å². The van der Waals surface area contributed by atoms with Gasteiger partial charge in [0.25, 0.3) is 0 Å². The largest absolute Gasteiger partial charge is 2.00 e. The van der Waals surface area contributed by atoms with Gasteiger partial charge in [0.2, 0.25) is 5.69 Å². The Morgan fingerprint density at radius 3 is 1.92 bits per heavy atom. The number of hydrogen-bond donors (Lipinski definition) is 1. The number of benzene rings is 1. The van der Waals surface area contributed by atoms with Crippen molar-refractivity contribution < 1.29 is 26.2 Å². The summed E-state index contributed by atoms with van der Waals surface area (Å²) in [5, 5.41) is 3.55. The molecule has 0 fully saturated rings. The van der Waals surface area contributed by atoms with E-state index in [-0.39, 0.29) is 31.9 Å². The molecule has 0 unspecified atom stereocenters. The Morgan fingerprint density at radius 2 is 1.38 bits per heavy atom. The number of aryl methyl sites for hydroxylation is 1. The fraction of sp³-hybridized carbons (Fsp3) is 0.333. The van der Waals surface area contributed by atoms with Gasteiger partial charge in [0, 0.05) is 48.6 Å². The van der Waals surface area contributed by atoms with Crippen LogP contribution in [0.5, 0.6) is 0 Å². The first kappa shape index (κ1) is 32.3. The number of nitrogens with zero attached hydrogens (tertiary/aromatic N) is 2. The number of pyridine rings is 2. The third-order valence-corrected chi connectivity index (χ3v) is 6.66. The number of unbranched alkanes of at least 4 members (excludes halogenated alkanes) is 1. The average molecular weight is 540 g/mol. The third kappa shape index (κ3) is 10.7. The van der Waals surface area contributed by atoms with Crippen molar-refractivity contribution >= 4 is 5.69 Å². The standard InChI is InChI=1S/C26H30N3.C5H8.2CH3.Fe/c1-28-18-13-23(14-19-28)24-15-20-29(21-16-24)26-11-9-25(10-12-26)27-17-5-4-8-22-6-2-3-7-22;1-2-4-5-3-1;;;/h2,6,9-16,18-22H,3-5,7-8,17H2,1H3;1-2H,3-5H2;2*1H3;/q+1;;2*-1;+2/p+1/t22-;;;;/m1..../s1. The van der Waals surface area contributed by atoms with E-state index in [1.807, 2.05) is 7.05 Å². The molecular weight excluding hydrogens is 494 g/mol. The van der Waals surface area contributed by atoms with E-state index in [2.05, 4.69) is 112 Å². The molecule has 37 heavy (non-hydrogen) atoms. The van der Waals surface area contributed by atoms with E-state index in [1.54, 1.807) is 0 Å². The van der Waals surface area contributed by atoms with Crippen molar-refractivity contribution in [2.24, 2.45) is 13.0 Å². The topological polar surface area (TPSA) is 19.8 Å². The van der Waals surface area contributed by atoms with E-state index in [0.717, 1.165) is 12.5 Å². The van der Waals surface area contributed by atoms with Crippen molar-refractivity contribution in [2.75, 3.05) is 11.9 Å². The van der Waals surface area contributed by atoms with E-state index >= 15 is 0 Å². The van der Waals surface area contributed by atoms with E-state index in [1.165, 1.54) is 73.9 Å². The molecule has 2 aliphatic carbocycles. The SMILES string of the molecule is C1=CCCC1.C[n+]1ccc(-c2cc[n+](-c3ccc(NCCCC[C@@H]4C=CCC4)cc3)cc2)cc1.[CH3-].[CH3-].[Fe+2]. The predicted molar refractivity (Wildman–Crippen MR) is 155 cm³/mol. The van der Waals surface area contributed by atoms with Gasteiger partial charge in [0.1, 0.15) is 7.05 Å². The van der Waals surface area contributed by atoms with Crippen LogP contribution in [0.25, 0.3) is 16.8 Å². The minimum atomic E-state index is 0. The van der Waals surface area contributed by atoms with Crippen LogP contribution >= 0.6 is 0 Å². The summed E-state index contributed by atoms with van der Waals surface area (Å²) in [6.45, 7) is 1.05. The van der Waals surface area contributed by atoms with Gasteiger partial charge in [-0.2, -0.15) is 4.57 Å². The molecule has 0 amide bonds. The van der Waals surface area contributed by atoms with Crippen LogP contribution in [0.2, 0.25) is 0 Å². The Bertz CT molecular complexity index is 1050. The summed E-state index contributed by atoms with van der Waals surface area (Å²) in [5.74, 6) is 0.836. The summed E-state index contributed by atoms with van der Waals surface area (Å²) in [5.41, 5.74) is 4.84. The Hall–Kier alpha value is -2.68. The molecule has 0 saturated heterocycles. The van der Waals surface area contributed by atoms with Gasteiger partial charge in [-0.05, 0) is 74.1 Å². The molecule has 3 nitrogen and oxygen atoms in total. The number of aromatic nitrogens is 2. The Labute approximate surface area is 236 Å². The molecule has 3 aromatic rings. The Kier molecular flexibility index (Phi) is 15.5.